The Kier molecular flexibility index (Phi) is 4.68. The molecule has 0 aliphatic heterocycles. The Balaban J connectivity index is 3.71. The van der Waals surface area contributed by atoms with Crippen LogP contribution in [0.3, 0.4) is 0 Å². The molecule has 0 fully saturated rings. The highest BCUT2D eigenvalue weighted by Gasteiger charge is 2.10. The highest BCUT2D eigenvalue weighted by atomic mass is 32.2. The number of hydrogen-bond acceptors (Lipinski definition) is 3. The second-order valence-corrected chi connectivity index (χ2v) is 4.44. The monoisotopic (exact) mass is 179 g/mol. The molecule has 0 rings (SSSR count). The van der Waals surface area contributed by atoms with Crippen molar-refractivity contribution in [2.24, 2.45) is 5.92 Å². The van der Waals surface area contributed by atoms with Gasteiger partial charge >= 0.3 is 0 Å². The molecule has 4 heteroatoms. The van der Waals surface area contributed by atoms with Crippen LogP contribution in [0, 0.1) is 13.0 Å². The van der Waals surface area contributed by atoms with Gasteiger partial charge in [-0.2, -0.15) is 8.42 Å². The summed E-state index contributed by atoms with van der Waals surface area (Å²) in [5.41, 5.74) is 0. The molecular weight excluding hydrogens is 164 g/mol. The van der Waals surface area contributed by atoms with Gasteiger partial charge in [-0.05, 0) is 12.3 Å². The first-order chi connectivity index (χ1) is 5.02. The quantitative estimate of drug-likeness (QED) is 0.601. The summed E-state index contributed by atoms with van der Waals surface area (Å²) in [5.74, 6) is 0.505. The molecule has 0 saturated carbocycles. The average molecular weight is 179 g/mol. The zero-order valence-corrected chi connectivity index (χ0v) is 7.86. The van der Waals surface area contributed by atoms with Crippen LogP contribution in [0.5, 0.6) is 0 Å². The van der Waals surface area contributed by atoms with E-state index in [1.54, 1.807) is 0 Å². The standard InChI is InChI=1S/C7H15O3S/c1-4-7(2)5-6-11(8,9)10-3/h7H,3-6H2,1-2H3. The van der Waals surface area contributed by atoms with Gasteiger partial charge in [-0.25, -0.2) is 0 Å². The van der Waals surface area contributed by atoms with Crippen molar-refractivity contribution in [3.8, 4) is 0 Å². The Hall–Kier alpha value is -0.0900. The fourth-order valence-corrected chi connectivity index (χ4v) is 1.42. The third-order valence-electron chi connectivity index (χ3n) is 1.74. The van der Waals surface area contributed by atoms with Crippen LogP contribution in [-0.2, 0) is 14.3 Å². The first kappa shape index (κ1) is 10.9. The molecule has 0 spiro atoms. The normalized spacial score (nSPS) is 14.8. The van der Waals surface area contributed by atoms with Crippen LogP contribution in [0.1, 0.15) is 26.7 Å². The molecule has 0 aromatic heterocycles. The van der Waals surface area contributed by atoms with Gasteiger partial charge in [0, 0.05) is 0 Å². The van der Waals surface area contributed by atoms with Gasteiger partial charge < -0.3 is 0 Å². The van der Waals surface area contributed by atoms with E-state index in [1.165, 1.54) is 0 Å². The molecule has 1 radical (unpaired) electrons. The van der Waals surface area contributed by atoms with E-state index in [2.05, 4.69) is 11.3 Å². The van der Waals surface area contributed by atoms with Gasteiger partial charge in [0.05, 0.1) is 12.9 Å². The molecule has 0 aliphatic carbocycles. The van der Waals surface area contributed by atoms with E-state index < -0.39 is 10.1 Å². The summed E-state index contributed by atoms with van der Waals surface area (Å²) in [7, 11) is -0.463. The largest absolute Gasteiger partial charge is 0.268 e. The van der Waals surface area contributed by atoms with E-state index in [9.17, 15) is 8.42 Å². The Morgan fingerprint density at radius 3 is 2.45 bits per heavy atom. The molecule has 1 unspecified atom stereocenters. The zero-order chi connectivity index (χ0) is 8.91. The maximum atomic E-state index is 10.7. The minimum absolute atomic E-state index is 0.0749. The highest BCUT2D eigenvalue weighted by Crippen LogP contribution is 2.08. The number of hydrogen-bond donors (Lipinski definition) is 0. The maximum Gasteiger partial charge on any atom is 0.267 e. The lowest BCUT2D eigenvalue weighted by molar-refractivity contribution is 0.429. The minimum atomic E-state index is -3.34. The molecule has 0 heterocycles. The fraction of sp³-hybridized carbons (Fsp3) is 0.857. The lowest BCUT2D eigenvalue weighted by Gasteiger charge is -2.06. The van der Waals surface area contributed by atoms with Crippen LogP contribution < -0.4 is 0 Å². The van der Waals surface area contributed by atoms with Gasteiger partial charge in [0.15, 0.2) is 0 Å². The Labute approximate surface area is 68.9 Å². The molecule has 11 heavy (non-hydrogen) atoms. The van der Waals surface area contributed by atoms with E-state index in [0.29, 0.717) is 12.3 Å². The highest BCUT2D eigenvalue weighted by molar-refractivity contribution is 7.86. The first-order valence-corrected chi connectivity index (χ1v) is 5.26. The average Bonchev–Trinajstić information content (AvgIpc) is 2.00. The van der Waals surface area contributed by atoms with Crippen LogP contribution in [0.4, 0.5) is 0 Å². The summed E-state index contributed by atoms with van der Waals surface area (Å²) in [4.78, 5) is 0. The summed E-state index contributed by atoms with van der Waals surface area (Å²) < 4.78 is 25.5. The molecule has 1 atom stereocenters. The van der Waals surface area contributed by atoms with Gasteiger partial charge in [0.25, 0.3) is 10.1 Å². The Bertz CT molecular complexity index is 184. The van der Waals surface area contributed by atoms with Crippen molar-refractivity contribution in [3.63, 3.8) is 0 Å². The molecule has 67 valence electrons. The van der Waals surface area contributed by atoms with E-state index in [4.69, 9.17) is 0 Å². The van der Waals surface area contributed by atoms with Crippen molar-refractivity contribution in [2.45, 2.75) is 26.7 Å². The molecule has 0 N–H and O–H groups in total. The first-order valence-electron chi connectivity index (χ1n) is 3.68. The SMILES string of the molecule is [CH2]OS(=O)(=O)CCC(C)CC. The van der Waals surface area contributed by atoms with Crippen molar-refractivity contribution < 1.29 is 12.6 Å². The Morgan fingerprint density at radius 1 is 1.55 bits per heavy atom. The topological polar surface area (TPSA) is 43.4 Å². The molecule has 0 bridgehead atoms. The Morgan fingerprint density at radius 2 is 2.09 bits per heavy atom. The van der Waals surface area contributed by atoms with Crippen molar-refractivity contribution in [3.05, 3.63) is 7.11 Å². The second-order valence-electron chi connectivity index (χ2n) is 2.68. The third-order valence-corrected chi connectivity index (χ3v) is 2.83. The predicted octanol–water partition coefficient (Wildman–Crippen LogP) is 1.56. The van der Waals surface area contributed by atoms with E-state index >= 15 is 0 Å². The minimum Gasteiger partial charge on any atom is -0.268 e. The van der Waals surface area contributed by atoms with Gasteiger partial charge in [0.1, 0.15) is 0 Å². The third kappa shape index (κ3) is 5.21. The van der Waals surface area contributed by atoms with Gasteiger partial charge in [-0.1, -0.05) is 20.3 Å². The van der Waals surface area contributed by atoms with Crippen LogP contribution in [0.25, 0.3) is 0 Å². The smallest absolute Gasteiger partial charge is 0.267 e. The maximum absolute atomic E-state index is 10.7. The molecule has 0 aromatic rings. The predicted molar refractivity (Wildman–Crippen MR) is 44.3 cm³/mol. The summed E-state index contributed by atoms with van der Waals surface area (Å²) >= 11 is 0. The fourth-order valence-electron chi connectivity index (χ4n) is 0.609. The molecule has 0 saturated heterocycles. The van der Waals surface area contributed by atoms with E-state index in [-0.39, 0.29) is 5.75 Å². The van der Waals surface area contributed by atoms with Gasteiger partial charge in [-0.15, -0.1) is 0 Å². The molecule has 3 nitrogen and oxygen atoms in total. The van der Waals surface area contributed by atoms with Crippen LogP contribution in [0.15, 0.2) is 0 Å². The molecular formula is C7H15O3S. The summed E-state index contributed by atoms with van der Waals surface area (Å²) in [6.45, 7) is 4.04. The lowest BCUT2D eigenvalue weighted by Crippen LogP contribution is -2.09. The van der Waals surface area contributed by atoms with Crippen molar-refractivity contribution in [2.75, 3.05) is 5.75 Å². The summed E-state index contributed by atoms with van der Waals surface area (Å²) in [5, 5.41) is 0. The van der Waals surface area contributed by atoms with Crippen LogP contribution in [-0.4, -0.2) is 14.2 Å². The van der Waals surface area contributed by atoms with Crippen molar-refractivity contribution in [1.82, 2.24) is 0 Å². The molecule has 0 amide bonds. The van der Waals surface area contributed by atoms with Crippen LogP contribution >= 0.6 is 0 Å². The number of rotatable bonds is 5. The summed E-state index contributed by atoms with van der Waals surface area (Å²) in [6, 6.07) is 0. The van der Waals surface area contributed by atoms with Crippen LogP contribution in [0.2, 0.25) is 0 Å². The van der Waals surface area contributed by atoms with Crippen molar-refractivity contribution >= 4 is 10.1 Å². The lowest BCUT2D eigenvalue weighted by atomic mass is 10.1. The van der Waals surface area contributed by atoms with E-state index in [0.717, 1.165) is 6.42 Å². The zero-order valence-electron chi connectivity index (χ0n) is 7.04. The molecule has 0 aliphatic rings. The van der Waals surface area contributed by atoms with Gasteiger partial charge in [-0.3, -0.25) is 4.18 Å². The van der Waals surface area contributed by atoms with Gasteiger partial charge in [0.2, 0.25) is 0 Å². The second kappa shape index (κ2) is 4.72. The molecule has 0 aromatic carbocycles. The summed E-state index contributed by atoms with van der Waals surface area (Å²) in [6.07, 6.45) is 1.64. The van der Waals surface area contributed by atoms with E-state index in [1.807, 2.05) is 13.8 Å². The van der Waals surface area contributed by atoms with Crippen molar-refractivity contribution in [1.29, 1.82) is 0 Å².